The highest BCUT2D eigenvalue weighted by Gasteiger charge is 2.06. The van der Waals surface area contributed by atoms with Gasteiger partial charge in [0.1, 0.15) is 0 Å². The Hall–Kier alpha value is -1.41. The zero-order valence-corrected chi connectivity index (χ0v) is 11.8. The van der Waals surface area contributed by atoms with E-state index in [1.165, 1.54) is 27.8 Å². The Kier molecular flexibility index (Phi) is 3.97. The van der Waals surface area contributed by atoms with E-state index in [0.717, 1.165) is 24.9 Å². The Morgan fingerprint density at radius 2 is 1.89 bits per heavy atom. The van der Waals surface area contributed by atoms with Crippen molar-refractivity contribution in [2.45, 2.75) is 33.6 Å². The molecule has 0 bridgehead atoms. The van der Waals surface area contributed by atoms with Crippen LogP contribution in [-0.2, 0) is 6.42 Å². The van der Waals surface area contributed by atoms with Crippen LogP contribution in [0.1, 0.15) is 28.8 Å². The predicted octanol–water partition coefficient (Wildman–Crippen LogP) is 3.31. The maximum atomic E-state index is 4.77. The fraction of sp³-hybridized carbons (Fsp3) is 0.438. The molecule has 0 radical (unpaired) electrons. The van der Waals surface area contributed by atoms with Crippen LogP contribution in [0.25, 0.3) is 10.9 Å². The number of aromatic nitrogens is 1. The largest absolute Gasteiger partial charge is 0.320 e. The molecule has 0 spiro atoms. The van der Waals surface area contributed by atoms with Crippen molar-refractivity contribution in [1.29, 1.82) is 0 Å². The molecule has 1 aromatic heterocycles. The molecule has 96 valence electrons. The third-order valence-corrected chi connectivity index (χ3v) is 3.42. The van der Waals surface area contributed by atoms with Gasteiger partial charge in [-0.05, 0) is 70.5 Å². The second-order valence-electron chi connectivity index (χ2n) is 5.09. The fourth-order valence-corrected chi connectivity index (χ4v) is 2.50. The van der Waals surface area contributed by atoms with Crippen molar-refractivity contribution < 1.29 is 0 Å². The summed E-state index contributed by atoms with van der Waals surface area (Å²) >= 11 is 0. The van der Waals surface area contributed by atoms with Crippen LogP contribution >= 0.6 is 0 Å². The maximum absolute atomic E-state index is 4.77. The number of benzene rings is 1. The van der Waals surface area contributed by atoms with Crippen molar-refractivity contribution in [2.24, 2.45) is 0 Å². The van der Waals surface area contributed by atoms with Gasteiger partial charge in [0.05, 0.1) is 5.52 Å². The molecule has 2 heteroatoms. The lowest BCUT2D eigenvalue weighted by Crippen LogP contribution is -2.09. The first kappa shape index (κ1) is 13.0. The number of fused-ring (bicyclic) bond motifs is 1. The molecule has 18 heavy (non-hydrogen) atoms. The van der Waals surface area contributed by atoms with Gasteiger partial charge in [-0.2, -0.15) is 0 Å². The minimum atomic E-state index is 1.06. The number of nitrogens with one attached hydrogen (secondary N) is 1. The van der Waals surface area contributed by atoms with Gasteiger partial charge < -0.3 is 5.32 Å². The first-order valence-electron chi connectivity index (χ1n) is 6.64. The summed E-state index contributed by atoms with van der Waals surface area (Å²) in [4.78, 5) is 4.77. The van der Waals surface area contributed by atoms with Gasteiger partial charge in [-0.15, -0.1) is 0 Å². The van der Waals surface area contributed by atoms with Gasteiger partial charge in [0.25, 0.3) is 0 Å². The minimum absolute atomic E-state index is 1.06. The van der Waals surface area contributed by atoms with Crippen LogP contribution in [-0.4, -0.2) is 18.6 Å². The van der Waals surface area contributed by atoms with Crippen molar-refractivity contribution in [2.75, 3.05) is 13.6 Å². The van der Waals surface area contributed by atoms with Crippen molar-refractivity contribution in [3.05, 3.63) is 40.6 Å². The lowest BCUT2D eigenvalue weighted by atomic mass is 10.0. The minimum Gasteiger partial charge on any atom is -0.320 e. The van der Waals surface area contributed by atoms with Crippen LogP contribution in [0.2, 0.25) is 0 Å². The summed E-state index contributed by atoms with van der Waals surface area (Å²) in [6.45, 7) is 7.47. The molecular formula is C16H22N2. The van der Waals surface area contributed by atoms with Gasteiger partial charge in [-0.1, -0.05) is 11.6 Å². The molecule has 0 aliphatic heterocycles. The van der Waals surface area contributed by atoms with Crippen molar-refractivity contribution >= 4 is 10.9 Å². The monoisotopic (exact) mass is 242 g/mol. The highest BCUT2D eigenvalue weighted by Crippen LogP contribution is 2.22. The van der Waals surface area contributed by atoms with E-state index in [1.807, 2.05) is 7.05 Å². The molecular weight excluding hydrogens is 220 g/mol. The molecule has 0 atom stereocenters. The molecule has 1 aromatic carbocycles. The lowest BCUT2D eigenvalue weighted by Gasteiger charge is -2.10. The van der Waals surface area contributed by atoms with Crippen LogP contribution in [0, 0.1) is 20.8 Å². The zero-order valence-electron chi connectivity index (χ0n) is 11.8. The van der Waals surface area contributed by atoms with Gasteiger partial charge in [0, 0.05) is 11.1 Å². The maximum Gasteiger partial charge on any atom is 0.0734 e. The quantitative estimate of drug-likeness (QED) is 0.832. The average molecular weight is 242 g/mol. The second-order valence-corrected chi connectivity index (χ2v) is 5.09. The van der Waals surface area contributed by atoms with E-state index in [2.05, 4.69) is 44.3 Å². The highest BCUT2D eigenvalue weighted by atomic mass is 14.8. The second kappa shape index (κ2) is 5.49. The SMILES string of the molecule is CNCCCc1cc2cc(C)cc(C)c2nc1C. The summed E-state index contributed by atoms with van der Waals surface area (Å²) in [5.41, 5.74) is 6.28. The Bertz CT molecular complexity index is 559. The number of hydrogen-bond acceptors (Lipinski definition) is 2. The van der Waals surface area contributed by atoms with E-state index in [9.17, 15) is 0 Å². The predicted molar refractivity (Wildman–Crippen MR) is 78.2 cm³/mol. The van der Waals surface area contributed by atoms with E-state index < -0.39 is 0 Å². The Balaban J connectivity index is 2.41. The summed E-state index contributed by atoms with van der Waals surface area (Å²) in [6, 6.07) is 6.75. The average Bonchev–Trinajstić information content (AvgIpc) is 2.31. The number of hydrogen-bond donors (Lipinski definition) is 1. The first-order chi connectivity index (χ1) is 8.61. The highest BCUT2D eigenvalue weighted by molar-refractivity contribution is 5.83. The van der Waals surface area contributed by atoms with Gasteiger partial charge in [0.15, 0.2) is 0 Å². The van der Waals surface area contributed by atoms with Crippen LogP contribution in [0.15, 0.2) is 18.2 Å². The Labute approximate surface area is 109 Å². The van der Waals surface area contributed by atoms with Crippen LogP contribution in [0.5, 0.6) is 0 Å². The normalized spacial score (nSPS) is 11.1. The third kappa shape index (κ3) is 2.70. The number of pyridine rings is 1. The Morgan fingerprint density at radius 3 is 2.61 bits per heavy atom. The summed E-state index contributed by atoms with van der Waals surface area (Å²) in [5.74, 6) is 0. The summed E-state index contributed by atoms with van der Waals surface area (Å²) in [5, 5.41) is 4.47. The van der Waals surface area contributed by atoms with E-state index in [0.29, 0.717) is 0 Å². The molecule has 2 rings (SSSR count). The van der Waals surface area contributed by atoms with E-state index in [1.54, 1.807) is 0 Å². The molecule has 0 aliphatic rings. The standard InChI is InChI=1S/C16H22N2/c1-11-8-12(2)16-15(9-11)10-14(13(3)18-16)6-5-7-17-4/h8-10,17H,5-7H2,1-4H3. The zero-order chi connectivity index (χ0) is 13.1. The summed E-state index contributed by atoms with van der Waals surface area (Å²) < 4.78 is 0. The molecule has 1 heterocycles. The van der Waals surface area contributed by atoms with E-state index >= 15 is 0 Å². The smallest absolute Gasteiger partial charge is 0.0734 e. The summed E-state index contributed by atoms with van der Waals surface area (Å²) in [6.07, 6.45) is 2.26. The Morgan fingerprint density at radius 1 is 1.11 bits per heavy atom. The molecule has 1 N–H and O–H groups in total. The summed E-state index contributed by atoms with van der Waals surface area (Å²) in [7, 11) is 2.00. The van der Waals surface area contributed by atoms with Crippen molar-refractivity contribution in [3.8, 4) is 0 Å². The lowest BCUT2D eigenvalue weighted by molar-refractivity contribution is 0.721. The number of aryl methyl sites for hydroxylation is 4. The van der Waals surface area contributed by atoms with Gasteiger partial charge in [-0.3, -0.25) is 4.98 Å². The third-order valence-electron chi connectivity index (χ3n) is 3.42. The molecule has 0 saturated carbocycles. The van der Waals surface area contributed by atoms with Crippen LogP contribution < -0.4 is 5.32 Å². The van der Waals surface area contributed by atoms with E-state index in [-0.39, 0.29) is 0 Å². The van der Waals surface area contributed by atoms with Gasteiger partial charge in [0.2, 0.25) is 0 Å². The van der Waals surface area contributed by atoms with Gasteiger partial charge >= 0.3 is 0 Å². The molecule has 0 unspecified atom stereocenters. The van der Waals surface area contributed by atoms with Crippen LogP contribution in [0.4, 0.5) is 0 Å². The molecule has 0 saturated heterocycles. The number of rotatable bonds is 4. The van der Waals surface area contributed by atoms with Crippen molar-refractivity contribution in [3.63, 3.8) is 0 Å². The van der Waals surface area contributed by atoms with E-state index in [4.69, 9.17) is 4.98 Å². The topological polar surface area (TPSA) is 24.9 Å². The molecule has 0 fully saturated rings. The first-order valence-corrected chi connectivity index (χ1v) is 6.64. The molecule has 0 amide bonds. The molecule has 0 aliphatic carbocycles. The fourth-order valence-electron chi connectivity index (χ4n) is 2.50. The van der Waals surface area contributed by atoms with Crippen LogP contribution in [0.3, 0.4) is 0 Å². The van der Waals surface area contributed by atoms with Crippen molar-refractivity contribution in [1.82, 2.24) is 10.3 Å². The number of nitrogens with zero attached hydrogens (tertiary/aromatic N) is 1. The molecule has 2 aromatic rings. The van der Waals surface area contributed by atoms with Gasteiger partial charge in [-0.25, -0.2) is 0 Å². The molecule has 2 nitrogen and oxygen atoms in total.